The Hall–Kier alpha value is -2.29. The SMILES string of the molecule is COC(=O)c1ccccc1COc1ccc(C)c(C)c1. The fourth-order valence-corrected chi connectivity index (χ4v) is 1.92. The molecule has 0 heterocycles. The van der Waals surface area contributed by atoms with Crippen molar-refractivity contribution >= 4 is 5.97 Å². The molecule has 0 aliphatic carbocycles. The van der Waals surface area contributed by atoms with Crippen molar-refractivity contribution in [2.24, 2.45) is 0 Å². The third-order valence-corrected chi connectivity index (χ3v) is 3.30. The Morgan fingerprint density at radius 2 is 1.80 bits per heavy atom. The second kappa shape index (κ2) is 6.24. The van der Waals surface area contributed by atoms with Crippen LogP contribution in [0.3, 0.4) is 0 Å². The summed E-state index contributed by atoms with van der Waals surface area (Å²) in [5.41, 5.74) is 3.77. The summed E-state index contributed by atoms with van der Waals surface area (Å²) < 4.78 is 10.5. The molecule has 0 unspecified atom stereocenters. The molecule has 2 aromatic carbocycles. The van der Waals surface area contributed by atoms with Crippen LogP contribution in [-0.4, -0.2) is 13.1 Å². The Morgan fingerprint density at radius 3 is 2.50 bits per heavy atom. The summed E-state index contributed by atoms with van der Waals surface area (Å²) in [6.07, 6.45) is 0. The Balaban J connectivity index is 2.14. The van der Waals surface area contributed by atoms with E-state index in [1.54, 1.807) is 6.07 Å². The van der Waals surface area contributed by atoms with Crippen LogP contribution in [0.25, 0.3) is 0 Å². The van der Waals surface area contributed by atoms with Gasteiger partial charge in [-0.3, -0.25) is 0 Å². The molecule has 3 heteroatoms. The predicted molar refractivity (Wildman–Crippen MR) is 78.0 cm³/mol. The van der Waals surface area contributed by atoms with Crippen LogP contribution in [0.5, 0.6) is 5.75 Å². The maximum absolute atomic E-state index is 11.7. The molecule has 0 N–H and O–H groups in total. The van der Waals surface area contributed by atoms with Crippen LogP contribution < -0.4 is 4.74 Å². The molecule has 3 nitrogen and oxygen atoms in total. The minimum Gasteiger partial charge on any atom is -0.489 e. The van der Waals surface area contributed by atoms with Crippen LogP contribution in [0.15, 0.2) is 42.5 Å². The lowest BCUT2D eigenvalue weighted by atomic mass is 10.1. The normalized spacial score (nSPS) is 10.2. The molecule has 104 valence electrons. The van der Waals surface area contributed by atoms with Gasteiger partial charge < -0.3 is 9.47 Å². The van der Waals surface area contributed by atoms with Crippen LogP contribution in [0.2, 0.25) is 0 Å². The number of ether oxygens (including phenoxy) is 2. The molecule has 0 radical (unpaired) electrons. The second-order valence-electron chi connectivity index (χ2n) is 4.68. The molecule has 0 aliphatic rings. The summed E-state index contributed by atoms with van der Waals surface area (Å²) in [6, 6.07) is 13.3. The van der Waals surface area contributed by atoms with E-state index in [4.69, 9.17) is 9.47 Å². The van der Waals surface area contributed by atoms with E-state index in [1.807, 2.05) is 43.3 Å². The highest BCUT2D eigenvalue weighted by molar-refractivity contribution is 5.90. The van der Waals surface area contributed by atoms with Crippen molar-refractivity contribution in [3.05, 3.63) is 64.7 Å². The highest BCUT2D eigenvalue weighted by atomic mass is 16.5. The lowest BCUT2D eigenvalue weighted by Crippen LogP contribution is -2.07. The van der Waals surface area contributed by atoms with Gasteiger partial charge >= 0.3 is 5.97 Å². The van der Waals surface area contributed by atoms with Gasteiger partial charge in [-0.25, -0.2) is 4.79 Å². The zero-order valence-corrected chi connectivity index (χ0v) is 12.0. The number of hydrogen-bond acceptors (Lipinski definition) is 3. The molecule has 0 saturated carbocycles. The van der Waals surface area contributed by atoms with Gasteiger partial charge in [-0.1, -0.05) is 24.3 Å². The summed E-state index contributed by atoms with van der Waals surface area (Å²) in [4.78, 5) is 11.7. The third-order valence-electron chi connectivity index (χ3n) is 3.30. The van der Waals surface area contributed by atoms with E-state index in [0.29, 0.717) is 12.2 Å². The minimum atomic E-state index is -0.343. The number of benzene rings is 2. The van der Waals surface area contributed by atoms with E-state index in [2.05, 4.69) is 6.92 Å². The predicted octanol–water partition coefficient (Wildman–Crippen LogP) is 3.67. The van der Waals surface area contributed by atoms with Crippen molar-refractivity contribution in [3.8, 4) is 5.75 Å². The molecule has 0 spiro atoms. The molecule has 0 atom stereocenters. The first-order chi connectivity index (χ1) is 9.61. The first kappa shape index (κ1) is 14.1. The highest BCUT2D eigenvalue weighted by Gasteiger charge is 2.11. The summed E-state index contributed by atoms with van der Waals surface area (Å²) in [6.45, 7) is 4.45. The van der Waals surface area contributed by atoms with Crippen molar-refractivity contribution in [1.82, 2.24) is 0 Å². The molecule has 0 fully saturated rings. The topological polar surface area (TPSA) is 35.5 Å². The maximum Gasteiger partial charge on any atom is 0.338 e. The van der Waals surface area contributed by atoms with Crippen molar-refractivity contribution in [3.63, 3.8) is 0 Å². The summed E-state index contributed by atoms with van der Waals surface area (Å²) in [7, 11) is 1.38. The molecule has 0 bridgehead atoms. The molecule has 20 heavy (non-hydrogen) atoms. The maximum atomic E-state index is 11.7. The van der Waals surface area contributed by atoms with Gasteiger partial charge in [0.25, 0.3) is 0 Å². The fraction of sp³-hybridized carbons (Fsp3) is 0.235. The van der Waals surface area contributed by atoms with Gasteiger partial charge in [0, 0.05) is 5.56 Å². The third kappa shape index (κ3) is 3.18. The Bertz CT molecular complexity index is 617. The molecular weight excluding hydrogens is 252 g/mol. The quantitative estimate of drug-likeness (QED) is 0.795. The average molecular weight is 270 g/mol. The number of aryl methyl sites for hydroxylation is 2. The number of methoxy groups -OCH3 is 1. The first-order valence-electron chi connectivity index (χ1n) is 6.48. The van der Waals surface area contributed by atoms with Gasteiger partial charge in [0.2, 0.25) is 0 Å². The number of esters is 1. The molecule has 0 aliphatic heterocycles. The lowest BCUT2D eigenvalue weighted by Gasteiger charge is -2.11. The van der Waals surface area contributed by atoms with E-state index in [0.717, 1.165) is 11.3 Å². The van der Waals surface area contributed by atoms with Gasteiger partial charge in [-0.15, -0.1) is 0 Å². The zero-order chi connectivity index (χ0) is 14.5. The molecule has 0 amide bonds. The fourth-order valence-electron chi connectivity index (χ4n) is 1.92. The number of carbonyl (C=O) groups excluding carboxylic acids is 1. The molecule has 0 aromatic heterocycles. The van der Waals surface area contributed by atoms with E-state index < -0.39 is 0 Å². The van der Waals surface area contributed by atoms with Crippen molar-refractivity contribution in [2.75, 3.05) is 7.11 Å². The standard InChI is InChI=1S/C17H18O3/c1-12-8-9-15(10-13(12)2)20-11-14-6-4-5-7-16(14)17(18)19-3/h4-10H,11H2,1-3H3. The highest BCUT2D eigenvalue weighted by Crippen LogP contribution is 2.19. The molecular formula is C17H18O3. The Labute approximate surface area is 119 Å². The minimum absolute atomic E-state index is 0.341. The largest absolute Gasteiger partial charge is 0.489 e. The van der Waals surface area contributed by atoms with E-state index in [-0.39, 0.29) is 5.97 Å². The number of rotatable bonds is 4. The van der Waals surface area contributed by atoms with Crippen molar-refractivity contribution in [1.29, 1.82) is 0 Å². The van der Waals surface area contributed by atoms with Gasteiger partial charge in [0.15, 0.2) is 0 Å². The Morgan fingerprint density at radius 1 is 1.05 bits per heavy atom. The summed E-state index contributed by atoms with van der Waals surface area (Å²) in [5, 5.41) is 0. The molecule has 2 rings (SSSR count). The lowest BCUT2D eigenvalue weighted by molar-refractivity contribution is 0.0597. The van der Waals surface area contributed by atoms with Gasteiger partial charge in [0.1, 0.15) is 12.4 Å². The first-order valence-corrected chi connectivity index (χ1v) is 6.48. The summed E-state index contributed by atoms with van der Waals surface area (Å²) in [5.74, 6) is 0.456. The number of hydrogen-bond donors (Lipinski definition) is 0. The van der Waals surface area contributed by atoms with Crippen LogP contribution in [0.1, 0.15) is 27.0 Å². The molecule has 0 saturated heterocycles. The van der Waals surface area contributed by atoms with Crippen molar-refractivity contribution < 1.29 is 14.3 Å². The van der Waals surface area contributed by atoms with E-state index >= 15 is 0 Å². The van der Waals surface area contributed by atoms with Crippen LogP contribution >= 0.6 is 0 Å². The van der Waals surface area contributed by atoms with E-state index in [1.165, 1.54) is 18.2 Å². The van der Waals surface area contributed by atoms with Gasteiger partial charge in [0.05, 0.1) is 12.7 Å². The monoisotopic (exact) mass is 270 g/mol. The van der Waals surface area contributed by atoms with Crippen LogP contribution in [-0.2, 0) is 11.3 Å². The summed E-state index contributed by atoms with van der Waals surface area (Å²) >= 11 is 0. The van der Waals surface area contributed by atoms with E-state index in [9.17, 15) is 4.79 Å². The average Bonchev–Trinajstić information content (AvgIpc) is 2.48. The van der Waals surface area contributed by atoms with Gasteiger partial charge in [-0.05, 0) is 43.2 Å². The molecule has 2 aromatic rings. The van der Waals surface area contributed by atoms with Crippen LogP contribution in [0.4, 0.5) is 0 Å². The van der Waals surface area contributed by atoms with Crippen LogP contribution in [0, 0.1) is 13.8 Å². The number of carbonyl (C=O) groups is 1. The smallest absolute Gasteiger partial charge is 0.338 e. The second-order valence-corrected chi connectivity index (χ2v) is 4.68. The van der Waals surface area contributed by atoms with Gasteiger partial charge in [-0.2, -0.15) is 0 Å². The Kier molecular flexibility index (Phi) is 4.41. The van der Waals surface area contributed by atoms with Crippen molar-refractivity contribution in [2.45, 2.75) is 20.5 Å². The zero-order valence-electron chi connectivity index (χ0n) is 12.0.